The number of rotatable bonds is 10. The van der Waals surface area contributed by atoms with Gasteiger partial charge in [0.25, 0.3) is 0 Å². The largest absolute Gasteiger partial charge is 0.465 e. The molecule has 7 heteroatoms. The molecule has 1 saturated heterocycles. The number of carbonyl (C=O) groups excluding carboxylic acids is 2. The van der Waals surface area contributed by atoms with Crippen LogP contribution < -0.4 is 0 Å². The molecular formula is C28H31NO6. The number of benzene rings is 2. The fourth-order valence-corrected chi connectivity index (χ4v) is 4.21. The summed E-state index contributed by atoms with van der Waals surface area (Å²) in [5.41, 5.74) is 2.45. The third-order valence-corrected chi connectivity index (χ3v) is 5.92. The minimum atomic E-state index is -1.41. The van der Waals surface area contributed by atoms with Crippen LogP contribution in [0, 0.1) is 0 Å². The number of nitrogens with zero attached hydrogens (tertiary/aromatic N) is 1. The van der Waals surface area contributed by atoms with Crippen molar-refractivity contribution in [3.63, 3.8) is 0 Å². The first-order valence-electron chi connectivity index (χ1n) is 11.9. The molecule has 35 heavy (non-hydrogen) atoms. The number of hydrogen-bond donors (Lipinski definition) is 0. The summed E-state index contributed by atoms with van der Waals surface area (Å²) in [6, 6.07) is 19.1. The third kappa shape index (κ3) is 6.06. The second-order valence-electron chi connectivity index (χ2n) is 8.31. The molecule has 0 aliphatic carbocycles. The molecule has 4 rings (SSSR count). The number of hydrogen-bond acceptors (Lipinski definition) is 7. The second kappa shape index (κ2) is 11.9. The van der Waals surface area contributed by atoms with Gasteiger partial charge in [0.2, 0.25) is 5.79 Å². The van der Waals surface area contributed by atoms with Crippen LogP contribution >= 0.6 is 0 Å². The first-order valence-corrected chi connectivity index (χ1v) is 11.9. The fourth-order valence-electron chi connectivity index (χ4n) is 4.21. The van der Waals surface area contributed by atoms with Crippen molar-refractivity contribution in [2.24, 2.45) is 0 Å². The Hall–Kier alpha value is -3.26. The molecule has 0 spiro atoms. The lowest BCUT2D eigenvalue weighted by Gasteiger charge is -2.43. The van der Waals surface area contributed by atoms with E-state index in [0.717, 1.165) is 11.3 Å². The van der Waals surface area contributed by atoms with E-state index in [1.165, 1.54) is 0 Å². The molecule has 7 nitrogen and oxygen atoms in total. The van der Waals surface area contributed by atoms with Crippen molar-refractivity contribution in [3.8, 4) is 0 Å². The topological polar surface area (TPSA) is 74.3 Å². The molecule has 2 aromatic rings. The molecule has 0 amide bonds. The number of Topliss-reactive ketones (excluding diaryl/α,β-unsaturated/α-hetero) is 1. The van der Waals surface area contributed by atoms with E-state index in [0.29, 0.717) is 18.6 Å². The van der Waals surface area contributed by atoms with E-state index in [1.54, 1.807) is 11.8 Å². The maximum Gasteiger partial charge on any atom is 0.325 e. The Morgan fingerprint density at radius 1 is 1.09 bits per heavy atom. The Balaban J connectivity index is 1.58. The SMILES string of the molecule is CCOC(=O)CN1C=CCC=C1COC1(c2ccccc2)OCCC(=O)C1OCc1ccccc1. The van der Waals surface area contributed by atoms with E-state index >= 15 is 0 Å². The van der Waals surface area contributed by atoms with E-state index in [-0.39, 0.29) is 44.5 Å². The van der Waals surface area contributed by atoms with Gasteiger partial charge in [-0.05, 0) is 18.9 Å². The predicted molar refractivity (Wildman–Crippen MR) is 130 cm³/mol. The number of ether oxygens (including phenoxy) is 4. The van der Waals surface area contributed by atoms with Crippen LogP contribution in [0.1, 0.15) is 30.9 Å². The summed E-state index contributed by atoms with van der Waals surface area (Å²) in [5.74, 6) is -1.81. The number of carbonyl (C=O) groups is 2. The van der Waals surface area contributed by atoms with Gasteiger partial charge in [0.15, 0.2) is 11.9 Å². The Labute approximate surface area is 205 Å². The van der Waals surface area contributed by atoms with Crippen LogP contribution in [-0.4, -0.2) is 49.1 Å². The van der Waals surface area contributed by atoms with E-state index in [4.69, 9.17) is 18.9 Å². The lowest BCUT2D eigenvalue weighted by atomic mass is 9.92. The Kier molecular flexibility index (Phi) is 8.47. The van der Waals surface area contributed by atoms with Crippen molar-refractivity contribution >= 4 is 11.8 Å². The third-order valence-electron chi connectivity index (χ3n) is 5.92. The van der Waals surface area contributed by atoms with Gasteiger partial charge in [-0.1, -0.05) is 72.8 Å². The molecule has 0 aromatic heterocycles. The van der Waals surface area contributed by atoms with Gasteiger partial charge in [-0.2, -0.15) is 0 Å². The molecule has 184 valence electrons. The lowest BCUT2D eigenvalue weighted by molar-refractivity contribution is -0.304. The maximum absolute atomic E-state index is 13.2. The molecule has 2 aromatic carbocycles. The van der Waals surface area contributed by atoms with Gasteiger partial charge in [-0.25, -0.2) is 0 Å². The van der Waals surface area contributed by atoms with E-state index in [2.05, 4.69) is 0 Å². The maximum atomic E-state index is 13.2. The minimum absolute atomic E-state index is 0.0723. The Bertz CT molecular complexity index is 1050. The molecule has 2 aliphatic heterocycles. The van der Waals surface area contributed by atoms with E-state index in [9.17, 15) is 9.59 Å². The first kappa shape index (κ1) is 24.9. The molecule has 2 atom stereocenters. The molecule has 0 bridgehead atoms. The summed E-state index contributed by atoms with van der Waals surface area (Å²) >= 11 is 0. The number of esters is 1. The second-order valence-corrected chi connectivity index (χ2v) is 8.31. The van der Waals surface area contributed by atoms with Gasteiger partial charge >= 0.3 is 5.97 Å². The van der Waals surface area contributed by atoms with Crippen molar-refractivity contribution in [2.45, 2.75) is 38.3 Å². The average molecular weight is 478 g/mol. The molecule has 2 heterocycles. The summed E-state index contributed by atoms with van der Waals surface area (Å²) in [5, 5.41) is 0. The van der Waals surface area contributed by atoms with Gasteiger partial charge in [0.05, 0.1) is 26.4 Å². The molecule has 0 radical (unpaired) electrons. The molecule has 0 saturated carbocycles. The fraction of sp³-hybridized carbons (Fsp3) is 0.357. The van der Waals surface area contributed by atoms with Crippen LogP contribution in [0.2, 0.25) is 0 Å². The van der Waals surface area contributed by atoms with Gasteiger partial charge in [0.1, 0.15) is 6.54 Å². The van der Waals surface area contributed by atoms with Crippen molar-refractivity contribution in [1.29, 1.82) is 0 Å². The van der Waals surface area contributed by atoms with Crippen LogP contribution in [0.3, 0.4) is 0 Å². The van der Waals surface area contributed by atoms with Crippen LogP contribution in [-0.2, 0) is 40.9 Å². The average Bonchev–Trinajstić information content (AvgIpc) is 2.89. The zero-order valence-electron chi connectivity index (χ0n) is 19.9. The van der Waals surface area contributed by atoms with Crippen LogP contribution in [0.15, 0.2) is 84.7 Å². The van der Waals surface area contributed by atoms with Crippen molar-refractivity contribution in [1.82, 2.24) is 4.90 Å². The van der Waals surface area contributed by atoms with Gasteiger partial charge in [0, 0.05) is 23.9 Å². The summed E-state index contributed by atoms with van der Waals surface area (Å²) in [7, 11) is 0. The van der Waals surface area contributed by atoms with Gasteiger partial charge in [-0.15, -0.1) is 0 Å². The zero-order valence-corrected chi connectivity index (χ0v) is 19.9. The predicted octanol–water partition coefficient (Wildman–Crippen LogP) is 4.10. The van der Waals surface area contributed by atoms with Crippen molar-refractivity contribution in [3.05, 3.63) is 95.8 Å². The van der Waals surface area contributed by atoms with Gasteiger partial charge in [-0.3, -0.25) is 9.59 Å². The van der Waals surface area contributed by atoms with Crippen LogP contribution in [0.25, 0.3) is 0 Å². The summed E-state index contributed by atoms with van der Waals surface area (Å²) in [6.45, 7) is 2.77. The normalized spacial score (nSPS) is 22.1. The highest BCUT2D eigenvalue weighted by molar-refractivity contribution is 5.85. The highest BCUT2D eigenvalue weighted by Crippen LogP contribution is 2.38. The van der Waals surface area contributed by atoms with E-state index < -0.39 is 11.9 Å². The summed E-state index contributed by atoms with van der Waals surface area (Å²) < 4.78 is 24.0. The minimum Gasteiger partial charge on any atom is -0.465 e. The van der Waals surface area contributed by atoms with E-state index in [1.807, 2.05) is 79.0 Å². The summed E-state index contributed by atoms with van der Waals surface area (Å²) in [6.07, 6.45) is 5.81. The van der Waals surface area contributed by atoms with Crippen molar-refractivity contribution in [2.75, 3.05) is 26.4 Å². The van der Waals surface area contributed by atoms with Crippen LogP contribution in [0.4, 0.5) is 0 Å². The quantitative estimate of drug-likeness (QED) is 0.477. The van der Waals surface area contributed by atoms with Gasteiger partial charge < -0.3 is 23.8 Å². The van der Waals surface area contributed by atoms with Crippen molar-refractivity contribution < 1.29 is 28.5 Å². The van der Waals surface area contributed by atoms with Crippen LogP contribution in [0.5, 0.6) is 0 Å². The highest BCUT2D eigenvalue weighted by atomic mass is 16.7. The molecule has 2 aliphatic rings. The standard InChI is InChI=1S/C28H31NO6/c1-2-32-26(31)19-29-17-10-9-15-24(29)21-35-28(23-13-7-4-8-14-23)27(25(30)16-18-34-28)33-20-22-11-5-3-6-12-22/h3-8,10-15,17,27H,2,9,16,18-21H2,1H3. The number of ketones is 1. The number of allylic oxidation sites excluding steroid dienone is 2. The Morgan fingerprint density at radius 3 is 2.57 bits per heavy atom. The molecule has 1 fully saturated rings. The highest BCUT2D eigenvalue weighted by Gasteiger charge is 2.51. The molecule has 2 unspecified atom stereocenters. The zero-order chi connectivity index (χ0) is 24.5. The molecule has 0 N–H and O–H groups in total. The monoisotopic (exact) mass is 477 g/mol. The summed E-state index contributed by atoms with van der Waals surface area (Å²) in [4.78, 5) is 27.1. The smallest absolute Gasteiger partial charge is 0.325 e. The Morgan fingerprint density at radius 2 is 1.83 bits per heavy atom. The first-order chi connectivity index (χ1) is 17.1. The lowest BCUT2D eigenvalue weighted by Crippen LogP contribution is -2.54. The molecular weight excluding hydrogens is 446 g/mol.